The Balaban J connectivity index is -0.000000157. The molecule has 0 heterocycles. The summed E-state index contributed by atoms with van der Waals surface area (Å²) in [6.07, 6.45) is 10.6. The van der Waals surface area contributed by atoms with E-state index < -0.39 is 0 Å². The van der Waals surface area contributed by atoms with Gasteiger partial charge in [0.15, 0.2) is 0 Å². The third-order valence-electron chi connectivity index (χ3n) is 2.40. The minimum Gasteiger partial charge on any atom is -0.397 e. The summed E-state index contributed by atoms with van der Waals surface area (Å²) in [5.74, 6) is 0. The molecule has 0 aromatic heterocycles. The van der Waals surface area contributed by atoms with Crippen molar-refractivity contribution in [1.29, 1.82) is 0 Å². The first-order valence-electron chi connectivity index (χ1n) is 7.00. The predicted molar refractivity (Wildman–Crippen MR) is 82.0 cm³/mol. The minimum absolute atomic E-state index is 0. The van der Waals surface area contributed by atoms with Crippen molar-refractivity contribution in [2.75, 3.05) is 19.8 Å². The van der Waals surface area contributed by atoms with Crippen molar-refractivity contribution >= 4 is 0 Å². The zero-order chi connectivity index (χ0) is 15.4. The van der Waals surface area contributed by atoms with Gasteiger partial charge in [-0.3, -0.25) is 0 Å². The number of aliphatic hydroxyl groups excluding tert-OH is 3. The van der Waals surface area contributed by atoms with Gasteiger partial charge in [-0.2, -0.15) is 0 Å². The van der Waals surface area contributed by atoms with Gasteiger partial charge in [0.05, 0.1) is 0 Å². The molecule has 0 aromatic carbocycles. The normalized spacial score (nSPS) is 13.9. The van der Waals surface area contributed by atoms with E-state index in [1.54, 1.807) is 13.8 Å². The van der Waals surface area contributed by atoms with Crippen LogP contribution in [0.2, 0.25) is 0 Å². The third-order valence-corrected chi connectivity index (χ3v) is 2.40. The fourth-order valence-electron chi connectivity index (χ4n) is 2.12. The van der Waals surface area contributed by atoms with Crippen LogP contribution >= 0.6 is 0 Å². The minimum atomic E-state index is 0. The van der Waals surface area contributed by atoms with E-state index in [0.29, 0.717) is 5.41 Å². The van der Waals surface area contributed by atoms with Gasteiger partial charge in [0.1, 0.15) is 0 Å². The first kappa shape index (κ1) is 29.1. The molecule has 1 rings (SSSR count). The molecule has 0 saturated heterocycles. The molecular formula is C16H32NeO3Ti. The Morgan fingerprint density at radius 2 is 1.24 bits per heavy atom. The number of hydrogen-bond donors (Lipinski definition) is 3. The number of aliphatic hydroxyl groups is 3. The van der Waals surface area contributed by atoms with Crippen LogP contribution in [0.5, 0.6) is 0 Å². The first-order valence-corrected chi connectivity index (χ1v) is 7.00. The maximum Gasteiger partial charge on any atom is 0.0442 e. The molecule has 0 fully saturated rings. The van der Waals surface area contributed by atoms with Crippen LogP contribution in [0.15, 0.2) is 24.3 Å². The van der Waals surface area contributed by atoms with Crippen LogP contribution < -0.4 is 0 Å². The van der Waals surface area contributed by atoms with E-state index in [1.165, 1.54) is 0 Å². The van der Waals surface area contributed by atoms with Crippen LogP contribution in [0.4, 0.5) is 0 Å². The molecule has 0 radical (unpaired) electrons. The predicted octanol–water partition coefficient (Wildman–Crippen LogP) is 2.91. The Labute approximate surface area is 145 Å². The standard InChI is InChI=1S/C12H20O.2C2H6O.Ne.Ti/c1-11(2,3)10-12(8-9-13)6-4-5-7-12;2*1-2-3;;/h4-7,13H,8-10H2,1-3H3;2*3H,2H2,1H3;;. The smallest absolute Gasteiger partial charge is 0.0442 e. The van der Waals surface area contributed by atoms with Gasteiger partial charge < -0.3 is 15.3 Å². The first-order chi connectivity index (χ1) is 8.80. The molecule has 0 aromatic rings. The van der Waals surface area contributed by atoms with Crippen molar-refractivity contribution < 1.29 is 43.2 Å². The Bertz CT molecular complexity index is 247. The van der Waals surface area contributed by atoms with Crippen LogP contribution in [-0.2, 0) is 21.7 Å². The molecule has 0 saturated carbocycles. The molecule has 0 atom stereocenters. The van der Waals surface area contributed by atoms with Crippen LogP contribution in [0.25, 0.3) is 0 Å². The molecule has 3 nitrogen and oxygen atoms in total. The second-order valence-corrected chi connectivity index (χ2v) is 5.79. The summed E-state index contributed by atoms with van der Waals surface area (Å²) in [7, 11) is 0. The van der Waals surface area contributed by atoms with Gasteiger partial charge in [-0.1, -0.05) is 45.1 Å². The van der Waals surface area contributed by atoms with Gasteiger partial charge in [0.25, 0.3) is 0 Å². The molecule has 1 aliphatic carbocycles. The second kappa shape index (κ2) is 16.4. The van der Waals surface area contributed by atoms with E-state index in [1.807, 2.05) is 0 Å². The molecule has 0 unspecified atom stereocenters. The topological polar surface area (TPSA) is 60.7 Å². The quantitative estimate of drug-likeness (QED) is 0.692. The summed E-state index contributed by atoms with van der Waals surface area (Å²) >= 11 is 0. The Hall–Kier alpha value is -0.0166. The largest absolute Gasteiger partial charge is 0.397 e. The summed E-state index contributed by atoms with van der Waals surface area (Å²) in [5.41, 5.74) is 0.432. The summed E-state index contributed by atoms with van der Waals surface area (Å²) in [4.78, 5) is 0. The van der Waals surface area contributed by atoms with Crippen molar-refractivity contribution in [2.24, 2.45) is 10.8 Å². The van der Waals surface area contributed by atoms with E-state index in [2.05, 4.69) is 45.1 Å². The van der Waals surface area contributed by atoms with E-state index in [4.69, 9.17) is 15.3 Å². The van der Waals surface area contributed by atoms with Crippen LogP contribution in [0.3, 0.4) is 0 Å². The SMILES string of the molecule is CC(C)(C)CC1(CCO)C=CC=C1.CCO.CCO.[Ne].[Ti]. The van der Waals surface area contributed by atoms with Gasteiger partial charge in [-0.15, -0.1) is 0 Å². The van der Waals surface area contributed by atoms with Gasteiger partial charge >= 0.3 is 0 Å². The van der Waals surface area contributed by atoms with E-state index in [-0.39, 0.29) is 53.1 Å². The monoisotopic (exact) mass is 340 g/mol. The maximum atomic E-state index is 9.02. The van der Waals surface area contributed by atoms with Crippen molar-refractivity contribution in [1.82, 2.24) is 0 Å². The Morgan fingerprint density at radius 1 is 0.905 bits per heavy atom. The molecule has 0 amide bonds. The van der Waals surface area contributed by atoms with Crippen molar-refractivity contribution in [3.8, 4) is 0 Å². The zero-order valence-electron chi connectivity index (χ0n) is 14.0. The van der Waals surface area contributed by atoms with E-state index in [0.717, 1.165) is 12.8 Å². The summed E-state index contributed by atoms with van der Waals surface area (Å²) in [6, 6.07) is 0. The molecule has 1 aliphatic rings. The van der Waals surface area contributed by atoms with Gasteiger partial charge in [-0.05, 0) is 32.1 Å². The molecular weight excluding hydrogens is 308 g/mol. The van der Waals surface area contributed by atoms with E-state index in [9.17, 15) is 0 Å². The second-order valence-electron chi connectivity index (χ2n) is 5.79. The molecule has 0 bridgehead atoms. The number of hydrogen-bond acceptors (Lipinski definition) is 3. The summed E-state index contributed by atoms with van der Waals surface area (Å²) in [6.45, 7) is 10.9. The molecule has 3 N–H and O–H groups in total. The molecule has 21 heavy (non-hydrogen) atoms. The molecule has 5 heteroatoms. The molecule has 0 spiro atoms. The van der Waals surface area contributed by atoms with Crippen molar-refractivity contribution in [2.45, 2.75) is 47.5 Å². The number of allylic oxidation sites excluding steroid dienone is 4. The van der Waals surface area contributed by atoms with Crippen LogP contribution in [0, 0.1) is 17.0 Å². The van der Waals surface area contributed by atoms with Gasteiger partial charge in [0, 0.05) is 53.1 Å². The number of rotatable bonds is 3. The molecule has 0 aliphatic heterocycles. The Kier molecular flexibility index (Phi) is 22.6. The molecule has 126 valence electrons. The van der Waals surface area contributed by atoms with Crippen LogP contribution in [-0.4, -0.2) is 35.1 Å². The third kappa shape index (κ3) is 17.9. The average Bonchev–Trinajstić information content (AvgIpc) is 2.66. The zero-order valence-corrected chi connectivity index (χ0v) is 15.6. The average molecular weight is 340 g/mol. The van der Waals surface area contributed by atoms with Gasteiger partial charge in [-0.25, -0.2) is 0 Å². The van der Waals surface area contributed by atoms with Crippen molar-refractivity contribution in [3.63, 3.8) is 0 Å². The maximum absolute atomic E-state index is 9.02. The summed E-state index contributed by atoms with van der Waals surface area (Å²) in [5, 5.41) is 24.2. The fraction of sp³-hybridized carbons (Fsp3) is 0.750. The Morgan fingerprint density at radius 3 is 1.48 bits per heavy atom. The van der Waals surface area contributed by atoms with Gasteiger partial charge in [0.2, 0.25) is 0 Å². The fourth-order valence-corrected chi connectivity index (χ4v) is 2.12. The summed E-state index contributed by atoms with van der Waals surface area (Å²) < 4.78 is 0. The van der Waals surface area contributed by atoms with E-state index >= 15 is 0 Å². The van der Waals surface area contributed by atoms with Crippen molar-refractivity contribution in [3.05, 3.63) is 24.3 Å². The van der Waals surface area contributed by atoms with Crippen LogP contribution in [0.1, 0.15) is 47.5 Å².